The summed E-state index contributed by atoms with van der Waals surface area (Å²) in [5.41, 5.74) is -0.518. The van der Waals surface area contributed by atoms with Gasteiger partial charge in [-0.15, -0.1) is 11.3 Å². The van der Waals surface area contributed by atoms with E-state index in [1.807, 2.05) is 6.92 Å². The molecule has 3 aromatic rings. The van der Waals surface area contributed by atoms with Crippen LogP contribution in [0.5, 0.6) is 0 Å². The fraction of sp³-hybridized carbons (Fsp3) is 0.278. The number of furan rings is 1. The van der Waals surface area contributed by atoms with E-state index in [2.05, 4.69) is 10.3 Å². The Bertz CT molecular complexity index is 1020. The minimum atomic E-state index is -4.47. The molecule has 0 fully saturated rings. The minimum absolute atomic E-state index is 0.125. The first-order valence-electron chi connectivity index (χ1n) is 8.48. The lowest BCUT2D eigenvalue weighted by molar-refractivity contribution is -0.384. The van der Waals surface area contributed by atoms with Crippen LogP contribution in [0.3, 0.4) is 0 Å². The summed E-state index contributed by atoms with van der Waals surface area (Å²) in [4.78, 5) is 13.9. The fourth-order valence-corrected chi connectivity index (χ4v) is 3.89. The number of nitrogens with zero attached hydrogens (tertiary/aromatic N) is 2. The second kappa shape index (κ2) is 8.52. The van der Waals surface area contributed by atoms with Crippen LogP contribution in [0.25, 0.3) is 11.3 Å². The maximum absolute atomic E-state index is 12.7. The highest BCUT2D eigenvalue weighted by atomic mass is 35.5. The number of nitrogens with one attached hydrogen (secondary N) is 1. The number of benzene rings is 1. The van der Waals surface area contributed by atoms with Gasteiger partial charge in [0.1, 0.15) is 16.5 Å². The van der Waals surface area contributed by atoms with Crippen LogP contribution in [0.2, 0.25) is 5.02 Å². The maximum Gasteiger partial charge on any atom is 0.434 e. The smallest absolute Gasteiger partial charge is 0.434 e. The van der Waals surface area contributed by atoms with Crippen molar-refractivity contribution in [2.24, 2.45) is 0 Å². The number of rotatable bonds is 7. The molecule has 11 heteroatoms. The van der Waals surface area contributed by atoms with E-state index >= 15 is 0 Å². The van der Waals surface area contributed by atoms with Gasteiger partial charge in [-0.2, -0.15) is 13.2 Å². The number of nitro benzene ring substituents is 1. The zero-order valence-electron chi connectivity index (χ0n) is 15.0. The summed E-state index contributed by atoms with van der Waals surface area (Å²) in [6, 6.07) is 7.10. The van der Waals surface area contributed by atoms with Gasteiger partial charge in [0.2, 0.25) is 0 Å². The van der Waals surface area contributed by atoms with Crippen LogP contribution in [0.4, 0.5) is 18.9 Å². The molecule has 0 amide bonds. The van der Waals surface area contributed by atoms with Crippen molar-refractivity contribution in [1.82, 2.24) is 10.3 Å². The zero-order chi connectivity index (χ0) is 21.2. The molecule has 154 valence electrons. The Hall–Kier alpha value is -2.43. The van der Waals surface area contributed by atoms with Crippen molar-refractivity contribution in [3.05, 3.63) is 67.3 Å². The van der Waals surface area contributed by atoms with Crippen molar-refractivity contribution in [2.75, 3.05) is 0 Å². The molecule has 3 rings (SSSR count). The Morgan fingerprint density at radius 1 is 1.34 bits per heavy atom. The number of nitro groups is 1. The molecule has 0 saturated heterocycles. The van der Waals surface area contributed by atoms with E-state index in [1.54, 1.807) is 12.1 Å². The Morgan fingerprint density at radius 2 is 2.10 bits per heavy atom. The number of non-ortho nitro benzene ring substituents is 1. The summed E-state index contributed by atoms with van der Waals surface area (Å²) < 4.78 is 44.0. The number of alkyl halides is 3. The molecule has 1 unspecified atom stereocenters. The Kier molecular flexibility index (Phi) is 6.25. The molecule has 2 aromatic heterocycles. The molecule has 0 saturated carbocycles. The quantitative estimate of drug-likeness (QED) is 0.344. The molecule has 0 bridgehead atoms. The zero-order valence-corrected chi connectivity index (χ0v) is 16.6. The SMILES string of the molecule is CCC(NCc1ccc(-c2ccc([N+](=O)[O-])cc2Cl)o1)c1nc(C(F)(F)F)cs1. The normalized spacial score (nSPS) is 12.9. The van der Waals surface area contributed by atoms with Gasteiger partial charge in [-0.05, 0) is 24.6 Å². The average molecular weight is 446 g/mol. The molecule has 29 heavy (non-hydrogen) atoms. The highest BCUT2D eigenvalue weighted by Gasteiger charge is 2.34. The van der Waals surface area contributed by atoms with Crippen LogP contribution in [0.1, 0.15) is 35.8 Å². The Labute approximate surface area is 172 Å². The van der Waals surface area contributed by atoms with E-state index < -0.39 is 16.8 Å². The van der Waals surface area contributed by atoms with Crippen molar-refractivity contribution in [3.63, 3.8) is 0 Å². The van der Waals surface area contributed by atoms with Gasteiger partial charge < -0.3 is 9.73 Å². The van der Waals surface area contributed by atoms with E-state index in [0.717, 1.165) is 16.7 Å². The van der Waals surface area contributed by atoms with E-state index in [9.17, 15) is 23.3 Å². The van der Waals surface area contributed by atoms with Gasteiger partial charge in [0, 0.05) is 23.1 Å². The monoisotopic (exact) mass is 445 g/mol. The fourth-order valence-electron chi connectivity index (χ4n) is 2.64. The Morgan fingerprint density at radius 3 is 2.69 bits per heavy atom. The largest absolute Gasteiger partial charge is 0.460 e. The lowest BCUT2D eigenvalue weighted by Gasteiger charge is -2.13. The van der Waals surface area contributed by atoms with E-state index in [-0.39, 0.29) is 23.3 Å². The number of thiazole rings is 1. The molecule has 6 nitrogen and oxygen atoms in total. The lowest BCUT2D eigenvalue weighted by Crippen LogP contribution is -2.20. The van der Waals surface area contributed by atoms with Gasteiger partial charge in [-0.3, -0.25) is 10.1 Å². The van der Waals surface area contributed by atoms with Crippen molar-refractivity contribution < 1.29 is 22.5 Å². The van der Waals surface area contributed by atoms with Crippen LogP contribution in [0, 0.1) is 10.1 Å². The van der Waals surface area contributed by atoms with Gasteiger partial charge in [-0.25, -0.2) is 4.98 Å². The Balaban J connectivity index is 1.70. The average Bonchev–Trinajstić information content (AvgIpc) is 3.32. The second-order valence-electron chi connectivity index (χ2n) is 6.10. The molecule has 0 radical (unpaired) electrons. The summed E-state index contributed by atoms with van der Waals surface area (Å²) in [6.45, 7) is 2.11. The molecular weight excluding hydrogens is 431 g/mol. The molecule has 0 aliphatic carbocycles. The highest BCUT2D eigenvalue weighted by molar-refractivity contribution is 7.09. The molecule has 0 aliphatic rings. The van der Waals surface area contributed by atoms with Gasteiger partial charge in [0.05, 0.1) is 22.5 Å². The topological polar surface area (TPSA) is 81.2 Å². The van der Waals surface area contributed by atoms with E-state index in [0.29, 0.717) is 28.5 Å². The molecular formula is C18H15ClF3N3O3S. The van der Waals surface area contributed by atoms with Gasteiger partial charge in [0.15, 0.2) is 5.69 Å². The van der Waals surface area contributed by atoms with Crippen LogP contribution >= 0.6 is 22.9 Å². The summed E-state index contributed by atoms with van der Waals surface area (Å²) in [7, 11) is 0. The summed E-state index contributed by atoms with van der Waals surface area (Å²) >= 11 is 7.06. The number of hydrogen-bond donors (Lipinski definition) is 1. The molecule has 2 heterocycles. The highest BCUT2D eigenvalue weighted by Crippen LogP contribution is 2.34. The maximum atomic E-state index is 12.7. The predicted molar refractivity (Wildman–Crippen MR) is 103 cm³/mol. The molecule has 0 aliphatic heterocycles. The molecule has 1 N–H and O–H groups in total. The first-order valence-corrected chi connectivity index (χ1v) is 9.73. The van der Waals surface area contributed by atoms with Crippen LogP contribution in [-0.2, 0) is 12.7 Å². The third kappa shape index (κ3) is 4.95. The van der Waals surface area contributed by atoms with E-state index in [1.165, 1.54) is 18.2 Å². The summed E-state index contributed by atoms with van der Waals surface area (Å²) in [5, 5.41) is 15.5. The summed E-state index contributed by atoms with van der Waals surface area (Å²) in [5.74, 6) is 0.976. The molecule has 0 spiro atoms. The second-order valence-corrected chi connectivity index (χ2v) is 7.39. The third-order valence-electron chi connectivity index (χ3n) is 4.13. The van der Waals surface area contributed by atoms with Gasteiger partial charge >= 0.3 is 6.18 Å². The predicted octanol–water partition coefficient (Wildman–Crippen LogP) is 6.22. The van der Waals surface area contributed by atoms with Crippen LogP contribution in [-0.4, -0.2) is 9.91 Å². The van der Waals surface area contributed by atoms with Crippen LogP contribution in [0.15, 0.2) is 40.1 Å². The standard InChI is InChI=1S/C18H15ClF3N3O3S/c1-2-14(17-24-16(9-29-17)18(20,21)22)23-8-11-4-6-15(28-11)12-5-3-10(25(26)27)7-13(12)19/h3-7,9,14,23H,2,8H2,1H3. The van der Waals surface area contributed by atoms with Gasteiger partial charge in [-0.1, -0.05) is 18.5 Å². The number of aromatic nitrogens is 1. The van der Waals surface area contributed by atoms with Crippen molar-refractivity contribution >= 4 is 28.6 Å². The van der Waals surface area contributed by atoms with Crippen LogP contribution < -0.4 is 5.32 Å². The van der Waals surface area contributed by atoms with Crippen molar-refractivity contribution in [3.8, 4) is 11.3 Å². The van der Waals surface area contributed by atoms with E-state index in [4.69, 9.17) is 16.0 Å². The summed E-state index contributed by atoms with van der Waals surface area (Å²) in [6.07, 6.45) is -3.92. The minimum Gasteiger partial charge on any atom is -0.460 e. The number of hydrogen-bond acceptors (Lipinski definition) is 6. The third-order valence-corrected chi connectivity index (χ3v) is 5.40. The van der Waals surface area contributed by atoms with Gasteiger partial charge in [0.25, 0.3) is 5.69 Å². The van der Waals surface area contributed by atoms with Crippen molar-refractivity contribution in [2.45, 2.75) is 32.1 Å². The number of halogens is 4. The molecule has 1 aromatic carbocycles. The molecule has 1 atom stereocenters. The van der Waals surface area contributed by atoms with Crippen molar-refractivity contribution in [1.29, 1.82) is 0 Å². The lowest BCUT2D eigenvalue weighted by atomic mass is 10.1. The first-order chi connectivity index (χ1) is 13.7. The first kappa shape index (κ1) is 21.3.